The number of nitrogens with zero attached hydrogens (tertiary/aromatic N) is 2. The molecule has 0 radical (unpaired) electrons. The van der Waals surface area contributed by atoms with Crippen LogP contribution in [0.1, 0.15) is 65.0 Å². The van der Waals surface area contributed by atoms with Gasteiger partial charge in [-0.15, -0.1) is 0 Å². The van der Waals surface area contributed by atoms with Crippen molar-refractivity contribution in [2.45, 2.75) is 46.1 Å². The summed E-state index contributed by atoms with van der Waals surface area (Å²) < 4.78 is 11.9. The van der Waals surface area contributed by atoms with Gasteiger partial charge >= 0.3 is 0 Å². The number of ether oxygens (including phenoxy) is 1. The van der Waals surface area contributed by atoms with E-state index in [9.17, 15) is 9.59 Å². The maximum absolute atomic E-state index is 13.7. The van der Waals surface area contributed by atoms with E-state index in [4.69, 9.17) is 9.15 Å². The molecule has 1 unspecified atom stereocenters. The van der Waals surface area contributed by atoms with Crippen molar-refractivity contribution in [2.24, 2.45) is 0 Å². The van der Waals surface area contributed by atoms with Crippen molar-refractivity contribution < 1.29 is 13.9 Å². The number of pyridine rings is 1. The van der Waals surface area contributed by atoms with E-state index in [1.807, 2.05) is 56.3 Å². The molecule has 0 aliphatic carbocycles. The number of rotatable bonds is 7. The van der Waals surface area contributed by atoms with Gasteiger partial charge in [-0.05, 0) is 61.7 Å². The van der Waals surface area contributed by atoms with Crippen LogP contribution in [0.25, 0.3) is 11.0 Å². The van der Waals surface area contributed by atoms with Crippen molar-refractivity contribution in [3.63, 3.8) is 0 Å². The molecule has 35 heavy (non-hydrogen) atoms. The molecule has 6 heteroatoms. The fraction of sp³-hybridized carbons (Fsp3) is 0.276. The highest BCUT2D eigenvalue weighted by atomic mass is 16.5. The smallest absolute Gasteiger partial charge is 0.296 e. The summed E-state index contributed by atoms with van der Waals surface area (Å²) in [6.45, 7) is 6.68. The van der Waals surface area contributed by atoms with Crippen LogP contribution < -0.4 is 15.1 Å². The van der Waals surface area contributed by atoms with Gasteiger partial charge in [0.2, 0.25) is 5.76 Å². The maximum atomic E-state index is 13.7. The second-order valence-electron chi connectivity index (χ2n) is 9.07. The third kappa shape index (κ3) is 4.20. The molecule has 0 saturated carbocycles. The third-order valence-electron chi connectivity index (χ3n) is 6.38. The Balaban J connectivity index is 1.62. The summed E-state index contributed by atoms with van der Waals surface area (Å²) in [7, 11) is 0. The van der Waals surface area contributed by atoms with Gasteiger partial charge in [0.25, 0.3) is 5.91 Å². The summed E-state index contributed by atoms with van der Waals surface area (Å²) in [5, 5.41) is 0.469. The van der Waals surface area contributed by atoms with Crippen molar-refractivity contribution >= 4 is 22.7 Å². The highest BCUT2D eigenvalue weighted by molar-refractivity contribution is 6.10. The highest BCUT2D eigenvalue weighted by Gasteiger charge is 2.44. The number of carbonyl (C=O) groups excluding carboxylic acids is 1. The Morgan fingerprint density at radius 1 is 0.971 bits per heavy atom. The molecule has 0 saturated heterocycles. The lowest BCUT2D eigenvalue weighted by Gasteiger charge is -2.24. The Morgan fingerprint density at radius 2 is 1.74 bits per heavy atom. The summed E-state index contributed by atoms with van der Waals surface area (Å²) in [6.07, 6.45) is 4.98. The number of aromatic nitrogens is 1. The second kappa shape index (κ2) is 9.37. The number of carbonyl (C=O) groups is 1. The number of fused-ring (bicyclic) bond motifs is 2. The van der Waals surface area contributed by atoms with Crippen molar-refractivity contribution in [1.82, 2.24) is 4.98 Å². The first kappa shape index (κ1) is 22.8. The van der Waals surface area contributed by atoms with Crippen LogP contribution >= 0.6 is 0 Å². The topological polar surface area (TPSA) is 72.6 Å². The molecule has 0 fully saturated rings. The number of hydrogen-bond acceptors (Lipinski definition) is 5. The largest absolute Gasteiger partial charge is 0.494 e. The van der Waals surface area contributed by atoms with Crippen molar-refractivity contribution in [1.29, 1.82) is 0 Å². The lowest BCUT2D eigenvalue weighted by molar-refractivity contribution is 0.0970. The fourth-order valence-electron chi connectivity index (χ4n) is 4.53. The first-order valence-corrected chi connectivity index (χ1v) is 12.0. The van der Waals surface area contributed by atoms with Gasteiger partial charge in [-0.25, -0.2) is 4.98 Å². The van der Waals surface area contributed by atoms with Crippen LogP contribution in [0.4, 0.5) is 5.82 Å². The second-order valence-corrected chi connectivity index (χ2v) is 9.07. The number of anilines is 1. The van der Waals surface area contributed by atoms with E-state index >= 15 is 0 Å². The molecule has 1 aliphatic rings. The van der Waals surface area contributed by atoms with E-state index in [1.165, 1.54) is 0 Å². The van der Waals surface area contributed by atoms with Crippen LogP contribution in [0, 0.1) is 13.8 Å². The van der Waals surface area contributed by atoms with Crippen LogP contribution in [0.3, 0.4) is 0 Å². The Kier molecular flexibility index (Phi) is 6.12. The molecule has 178 valence electrons. The predicted octanol–water partition coefficient (Wildman–Crippen LogP) is 6.12. The zero-order valence-corrected chi connectivity index (χ0v) is 20.2. The van der Waals surface area contributed by atoms with Crippen molar-refractivity contribution in [3.05, 3.63) is 99.0 Å². The van der Waals surface area contributed by atoms with E-state index in [0.717, 1.165) is 41.7 Å². The Bertz CT molecular complexity index is 1440. The Hall–Kier alpha value is -3.93. The number of amides is 1. The Labute approximate surface area is 204 Å². The van der Waals surface area contributed by atoms with E-state index in [0.29, 0.717) is 29.0 Å². The van der Waals surface area contributed by atoms with E-state index in [2.05, 4.69) is 11.9 Å². The van der Waals surface area contributed by atoms with Gasteiger partial charge < -0.3 is 9.15 Å². The Morgan fingerprint density at radius 3 is 2.46 bits per heavy atom. The molecule has 2 aromatic heterocycles. The van der Waals surface area contributed by atoms with Crippen LogP contribution in [0.2, 0.25) is 0 Å². The molecule has 4 aromatic rings. The van der Waals surface area contributed by atoms with E-state index in [1.54, 1.807) is 23.2 Å². The summed E-state index contributed by atoms with van der Waals surface area (Å²) in [5.74, 6) is 0.923. The van der Waals surface area contributed by atoms with Gasteiger partial charge in [0, 0.05) is 6.20 Å². The zero-order valence-electron chi connectivity index (χ0n) is 20.2. The molecule has 0 bridgehead atoms. The van der Waals surface area contributed by atoms with Crippen LogP contribution in [-0.2, 0) is 0 Å². The van der Waals surface area contributed by atoms with Gasteiger partial charge in [-0.1, -0.05) is 49.6 Å². The van der Waals surface area contributed by atoms with Gasteiger partial charge in [-0.2, -0.15) is 0 Å². The van der Waals surface area contributed by atoms with Gasteiger partial charge in [0.1, 0.15) is 17.2 Å². The number of aryl methyl sites for hydroxylation is 2. The van der Waals surface area contributed by atoms with Crippen LogP contribution in [-0.4, -0.2) is 17.5 Å². The zero-order chi connectivity index (χ0) is 24.5. The standard InChI is InChI=1S/C29H28N2O4/c1-4-5-6-15-34-21-11-9-20(10-12-21)26-25-27(32)22-16-18(2)7-13-23(22)35-28(25)29(33)31(26)24-14-8-19(3)17-30-24/h7-14,16-17,26H,4-6,15H2,1-3H3. The van der Waals surface area contributed by atoms with Crippen LogP contribution in [0.5, 0.6) is 5.75 Å². The normalized spacial score (nSPS) is 15.0. The monoisotopic (exact) mass is 468 g/mol. The molecule has 5 rings (SSSR count). The average Bonchev–Trinajstić information content (AvgIpc) is 3.16. The first-order valence-electron chi connectivity index (χ1n) is 12.0. The average molecular weight is 469 g/mol. The molecular weight excluding hydrogens is 440 g/mol. The molecule has 1 aliphatic heterocycles. The first-order chi connectivity index (χ1) is 17.0. The minimum atomic E-state index is -0.650. The maximum Gasteiger partial charge on any atom is 0.296 e. The lowest BCUT2D eigenvalue weighted by atomic mass is 9.98. The number of hydrogen-bond donors (Lipinski definition) is 0. The molecule has 2 aromatic carbocycles. The van der Waals surface area contributed by atoms with Gasteiger partial charge in [-0.3, -0.25) is 14.5 Å². The molecule has 0 spiro atoms. The predicted molar refractivity (Wildman–Crippen MR) is 136 cm³/mol. The minimum Gasteiger partial charge on any atom is -0.494 e. The van der Waals surface area contributed by atoms with Crippen LogP contribution in [0.15, 0.2) is 70.0 Å². The van der Waals surface area contributed by atoms with E-state index in [-0.39, 0.29) is 17.1 Å². The molecule has 1 amide bonds. The number of unbranched alkanes of at least 4 members (excludes halogenated alkanes) is 2. The molecular formula is C29H28N2O4. The fourth-order valence-corrected chi connectivity index (χ4v) is 4.53. The quantitative estimate of drug-likeness (QED) is 0.305. The molecule has 0 N–H and O–H groups in total. The summed E-state index contributed by atoms with van der Waals surface area (Å²) in [5.41, 5.74) is 3.27. The highest BCUT2D eigenvalue weighted by Crippen LogP contribution is 2.41. The summed E-state index contributed by atoms with van der Waals surface area (Å²) >= 11 is 0. The van der Waals surface area contributed by atoms with Crippen molar-refractivity contribution in [3.8, 4) is 5.75 Å². The molecule has 3 heterocycles. The molecule has 1 atom stereocenters. The SMILES string of the molecule is CCCCCOc1ccc(C2c3c(oc4ccc(C)cc4c3=O)C(=O)N2c2ccc(C)cn2)cc1. The van der Waals surface area contributed by atoms with E-state index < -0.39 is 6.04 Å². The van der Waals surface area contributed by atoms with Crippen molar-refractivity contribution in [2.75, 3.05) is 11.5 Å². The van der Waals surface area contributed by atoms with Gasteiger partial charge in [0.15, 0.2) is 5.43 Å². The van der Waals surface area contributed by atoms with Gasteiger partial charge in [0.05, 0.1) is 23.6 Å². The lowest BCUT2D eigenvalue weighted by Crippen LogP contribution is -2.30. The summed E-state index contributed by atoms with van der Waals surface area (Å²) in [4.78, 5) is 33.4. The molecule has 6 nitrogen and oxygen atoms in total. The third-order valence-corrected chi connectivity index (χ3v) is 6.38. The minimum absolute atomic E-state index is 0.0682. The summed E-state index contributed by atoms with van der Waals surface area (Å²) in [6, 6.07) is 16.1. The number of benzene rings is 2.